The molecular formula is C23H19ClN2O2. The van der Waals surface area contributed by atoms with Crippen LogP contribution in [0.5, 0.6) is 11.5 Å². The molecule has 5 heteroatoms. The molecule has 0 bridgehead atoms. The zero-order chi connectivity index (χ0) is 19.1. The lowest BCUT2D eigenvalue weighted by molar-refractivity contribution is -0.0191. The summed E-state index contributed by atoms with van der Waals surface area (Å²) in [5.41, 5.74) is 4.22. The van der Waals surface area contributed by atoms with Crippen LogP contribution in [-0.4, -0.2) is 17.8 Å². The molecule has 140 valence electrons. The Labute approximate surface area is 169 Å². The summed E-state index contributed by atoms with van der Waals surface area (Å²) in [5.74, 6) is 1.70. The highest BCUT2D eigenvalue weighted by Crippen LogP contribution is 2.47. The van der Waals surface area contributed by atoms with E-state index in [0.717, 1.165) is 40.3 Å². The Bertz CT molecular complexity index is 1070. The molecule has 28 heavy (non-hydrogen) atoms. The summed E-state index contributed by atoms with van der Waals surface area (Å²) in [6.07, 6.45) is 0.493. The molecule has 0 fully saturated rings. The molecule has 2 aliphatic heterocycles. The van der Waals surface area contributed by atoms with Gasteiger partial charge in [0.1, 0.15) is 11.5 Å². The van der Waals surface area contributed by atoms with Gasteiger partial charge in [-0.3, -0.25) is 0 Å². The maximum Gasteiger partial charge on any atom is 0.214 e. The van der Waals surface area contributed by atoms with Crippen LogP contribution in [0.3, 0.4) is 0 Å². The Morgan fingerprint density at radius 2 is 1.89 bits per heavy atom. The number of methoxy groups -OCH3 is 1. The fourth-order valence-corrected chi connectivity index (χ4v) is 4.08. The molecule has 0 spiro atoms. The van der Waals surface area contributed by atoms with Crippen LogP contribution < -0.4 is 9.47 Å². The number of rotatable bonds is 3. The molecule has 3 aromatic carbocycles. The molecule has 2 heterocycles. The van der Waals surface area contributed by atoms with Crippen LogP contribution in [0, 0.1) is 0 Å². The standard InChI is InChI=1S/C23H19ClN2O2/c1-27-18-9-5-7-16(13-18)23-26-21(19-10-2-3-11-22(19)28-23)14-20(25-26)15-6-4-8-17(24)12-15/h2-13,21,23H,14H2,1H3/t21-,23+/m1/s1. The lowest BCUT2D eigenvalue weighted by Crippen LogP contribution is -2.33. The monoisotopic (exact) mass is 390 g/mol. The van der Waals surface area contributed by atoms with Crippen LogP contribution in [0.15, 0.2) is 77.9 Å². The van der Waals surface area contributed by atoms with E-state index in [1.165, 1.54) is 0 Å². The normalized spacial score (nSPS) is 20.1. The van der Waals surface area contributed by atoms with Crippen LogP contribution >= 0.6 is 11.6 Å². The summed E-state index contributed by atoms with van der Waals surface area (Å²) in [6, 6.07) is 24.1. The molecular weight excluding hydrogens is 372 g/mol. The maximum absolute atomic E-state index is 6.38. The topological polar surface area (TPSA) is 34.1 Å². The molecule has 0 saturated carbocycles. The average molecular weight is 391 g/mol. The van der Waals surface area contributed by atoms with E-state index in [-0.39, 0.29) is 12.3 Å². The molecule has 0 N–H and O–H groups in total. The number of fused-ring (bicyclic) bond motifs is 3. The largest absolute Gasteiger partial charge is 0.497 e. The predicted molar refractivity (Wildman–Crippen MR) is 110 cm³/mol. The van der Waals surface area contributed by atoms with Crippen molar-refractivity contribution in [3.63, 3.8) is 0 Å². The Kier molecular flexibility index (Phi) is 4.21. The zero-order valence-electron chi connectivity index (χ0n) is 15.4. The smallest absolute Gasteiger partial charge is 0.214 e. The van der Waals surface area contributed by atoms with Gasteiger partial charge in [0.05, 0.1) is 18.9 Å². The van der Waals surface area contributed by atoms with E-state index < -0.39 is 0 Å². The van der Waals surface area contributed by atoms with Crippen molar-refractivity contribution in [3.05, 3.63) is 94.5 Å². The van der Waals surface area contributed by atoms with Crippen molar-refractivity contribution in [3.8, 4) is 11.5 Å². The summed E-state index contributed by atoms with van der Waals surface area (Å²) in [4.78, 5) is 0. The number of halogens is 1. The molecule has 0 aromatic heterocycles. The Balaban J connectivity index is 1.60. The first-order valence-corrected chi connectivity index (χ1v) is 9.62. The Hall–Kier alpha value is -2.98. The summed E-state index contributed by atoms with van der Waals surface area (Å²) >= 11 is 6.21. The highest BCUT2D eigenvalue weighted by atomic mass is 35.5. The highest BCUT2D eigenvalue weighted by molar-refractivity contribution is 6.31. The van der Waals surface area contributed by atoms with Gasteiger partial charge in [-0.15, -0.1) is 0 Å². The Morgan fingerprint density at radius 1 is 1.04 bits per heavy atom. The molecule has 2 atom stereocenters. The van der Waals surface area contributed by atoms with Gasteiger partial charge in [0.15, 0.2) is 0 Å². The molecule has 0 amide bonds. The molecule has 0 unspecified atom stereocenters. The second kappa shape index (κ2) is 6.88. The van der Waals surface area contributed by atoms with Crippen molar-refractivity contribution in [2.75, 3.05) is 7.11 Å². The number of hydrogen-bond donors (Lipinski definition) is 0. The van der Waals surface area contributed by atoms with Crippen LogP contribution in [-0.2, 0) is 0 Å². The van der Waals surface area contributed by atoms with E-state index in [9.17, 15) is 0 Å². The summed E-state index contributed by atoms with van der Waals surface area (Å²) in [5, 5.41) is 7.74. The molecule has 4 nitrogen and oxygen atoms in total. The van der Waals surface area contributed by atoms with E-state index in [1.54, 1.807) is 7.11 Å². The fraction of sp³-hybridized carbons (Fsp3) is 0.174. The minimum atomic E-state index is -0.313. The van der Waals surface area contributed by atoms with Crippen molar-refractivity contribution >= 4 is 17.3 Å². The summed E-state index contributed by atoms with van der Waals surface area (Å²) in [6.45, 7) is 0. The predicted octanol–water partition coefficient (Wildman–Crippen LogP) is 5.59. The third-order valence-corrected chi connectivity index (χ3v) is 5.47. The second-order valence-corrected chi connectivity index (χ2v) is 7.38. The van der Waals surface area contributed by atoms with E-state index in [1.807, 2.05) is 60.7 Å². The van der Waals surface area contributed by atoms with Crippen LogP contribution in [0.1, 0.15) is 35.4 Å². The van der Waals surface area contributed by atoms with Gasteiger partial charge >= 0.3 is 0 Å². The second-order valence-electron chi connectivity index (χ2n) is 6.94. The molecule has 0 radical (unpaired) electrons. The van der Waals surface area contributed by atoms with Gasteiger partial charge < -0.3 is 9.47 Å². The number of nitrogens with zero attached hydrogens (tertiary/aromatic N) is 2. The van der Waals surface area contributed by atoms with Crippen LogP contribution in [0.4, 0.5) is 0 Å². The summed E-state index contributed by atoms with van der Waals surface area (Å²) < 4.78 is 11.8. The number of hydrogen-bond acceptors (Lipinski definition) is 4. The lowest BCUT2D eigenvalue weighted by atomic mass is 9.96. The maximum atomic E-state index is 6.38. The average Bonchev–Trinajstić information content (AvgIpc) is 3.19. The van der Waals surface area contributed by atoms with Crippen molar-refractivity contribution < 1.29 is 9.47 Å². The SMILES string of the molecule is COc1cccc([C@@H]2Oc3ccccc3[C@H]3CC(c4cccc(Cl)c4)=NN32)c1. The number of benzene rings is 3. The van der Waals surface area contributed by atoms with Crippen molar-refractivity contribution in [2.24, 2.45) is 5.10 Å². The first-order chi connectivity index (χ1) is 13.7. The molecule has 2 aliphatic rings. The van der Waals surface area contributed by atoms with E-state index in [2.05, 4.69) is 17.1 Å². The zero-order valence-corrected chi connectivity index (χ0v) is 16.1. The molecule has 0 saturated heterocycles. The first-order valence-electron chi connectivity index (χ1n) is 9.24. The van der Waals surface area contributed by atoms with Gasteiger partial charge in [0.25, 0.3) is 0 Å². The minimum absolute atomic E-state index is 0.120. The highest BCUT2D eigenvalue weighted by Gasteiger charge is 2.40. The molecule has 5 rings (SSSR count). The van der Waals surface area contributed by atoms with Crippen molar-refractivity contribution in [2.45, 2.75) is 18.7 Å². The van der Waals surface area contributed by atoms with Crippen molar-refractivity contribution in [1.29, 1.82) is 0 Å². The van der Waals surface area contributed by atoms with E-state index in [0.29, 0.717) is 5.02 Å². The third kappa shape index (κ3) is 2.90. The van der Waals surface area contributed by atoms with Gasteiger partial charge in [-0.05, 0) is 35.9 Å². The third-order valence-electron chi connectivity index (χ3n) is 5.24. The fourth-order valence-electron chi connectivity index (χ4n) is 3.89. The van der Waals surface area contributed by atoms with Crippen LogP contribution in [0.2, 0.25) is 5.02 Å². The van der Waals surface area contributed by atoms with Crippen molar-refractivity contribution in [1.82, 2.24) is 5.01 Å². The number of para-hydroxylation sites is 1. The summed E-state index contributed by atoms with van der Waals surface area (Å²) in [7, 11) is 1.67. The van der Waals surface area contributed by atoms with E-state index in [4.69, 9.17) is 26.2 Å². The first kappa shape index (κ1) is 17.1. The number of hydrazone groups is 1. The van der Waals surface area contributed by atoms with Gasteiger partial charge in [-0.2, -0.15) is 5.10 Å². The molecule has 0 aliphatic carbocycles. The quantitative estimate of drug-likeness (QED) is 0.584. The van der Waals surface area contributed by atoms with Gasteiger partial charge in [0.2, 0.25) is 6.23 Å². The lowest BCUT2D eigenvalue weighted by Gasteiger charge is -2.38. The van der Waals surface area contributed by atoms with Gasteiger partial charge in [-0.25, -0.2) is 5.01 Å². The number of ether oxygens (including phenoxy) is 2. The van der Waals surface area contributed by atoms with Gasteiger partial charge in [-0.1, -0.05) is 54.1 Å². The van der Waals surface area contributed by atoms with E-state index >= 15 is 0 Å². The minimum Gasteiger partial charge on any atom is -0.497 e. The van der Waals surface area contributed by atoms with Crippen LogP contribution in [0.25, 0.3) is 0 Å². The van der Waals surface area contributed by atoms with Gasteiger partial charge in [0, 0.05) is 22.6 Å². The Morgan fingerprint density at radius 3 is 2.75 bits per heavy atom. The molecule has 3 aromatic rings.